The minimum atomic E-state index is -0.621. The van der Waals surface area contributed by atoms with Crippen LogP contribution in [-0.4, -0.2) is 22.0 Å². The molecule has 0 spiro atoms. The molecule has 0 bridgehead atoms. The minimum absolute atomic E-state index is 0.0906. The smallest absolute Gasteiger partial charge is 0.270 e. The first kappa shape index (κ1) is 17.5. The van der Waals surface area contributed by atoms with Crippen molar-refractivity contribution < 1.29 is 14.5 Å². The normalized spacial score (nSPS) is 11.4. The molecule has 2 aromatic rings. The van der Waals surface area contributed by atoms with Gasteiger partial charge < -0.3 is 0 Å². The molecule has 2 rings (SSSR count). The van der Waals surface area contributed by atoms with E-state index in [0.717, 1.165) is 11.0 Å². The maximum Gasteiger partial charge on any atom is 0.270 e. The van der Waals surface area contributed by atoms with Crippen LogP contribution in [0.25, 0.3) is 0 Å². The minimum Gasteiger partial charge on any atom is -0.272 e. The van der Waals surface area contributed by atoms with Crippen LogP contribution in [0.1, 0.15) is 17.3 Å². The summed E-state index contributed by atoms with van der Waals surface area (Å²) >= 11 is 1.35. The molecule has 1 atom stereocenters. The summed E-state index contributed by atoms with van der Waals surface area (Å²) in [5, 5.41) is 10.3. The lowest BCUT2D eigenvalue weighted by molar-refractivity contribution is -0.384. The van der Waals surface area contributed by atoms with Crippen LogP contribution in [0.5, 0.6) is 0 Å². The van der Waals surface area contributed by atoms with Crippen LogP contribution in [0.2, 0.25) is 0 Å². The topological polar surface area (TPSA) is 101 Å². The zero-order valence-corrected chi connectivity index (χ0v) is 13.6. The summed E-state index contributed by atoms with van der Waals surface area (Å²) in [7, 11) is 0. The molecule has 0 aromatic heterocycles. The summed E-state index contributed by atoms with van der Waals surface area (Å²) in [6, 6.07) is 14.7. The second-order valence-electron chi connectivity index (χ2n) is 4.82. The third kappa shape index (κ3) is 4.82. The predicted octanol–water partition coefficient (Wildman–Crippen LogP) is 2.54. The number of nitrogens with zero attached hydrogens (tertiary/aromatic N) is 1. The van der Waals surface area contributed by atoms with E-state index >= 15 is 0 Å². The number of rotatable bonds is 5. The fraction of sp³-hybridized carbons (Fsp3) is 0.125. The molecule has 0 saturated carbocycles. The highest BCUT2D eigenvalue weighted by Gasteiger charge is 2.16. The molecule has 0 unspecified atom stereocenters. The van der Waals surface area contributed by atoms with Crippen LogP contribution in [0.4, 0.5) is 5.69 Å². The highest BCUT2D eigenvalue weighted by Crippen LogP contribution is 2.22. The van der Waals surface area contributed by atoms with Crippen molar-refractivity contribution in [3.8, 4) is 0 Å². The van der Waals surface area contributed by atoms with Crippen LogP contribution in [0.3, 0.4) is 0 Å². The van der Waals surface area contributed by atoms with Crippen molar-refractivity contribution in [3.63, 3.8) is 0 Å². The molecule has 2 aromatic carbocycles. The molecule has 8 heteroatoms. The Balaban J connectivity index is 1.90. The zero-order valence-electron chi connectivity index (χ0n) is 12.8. The number of thioether (sulfide) groups is 1. The molecular weight excluding hydrogens is 330 g/mol. The van der Waals surface area contributed by atoms with Crippen LogP contribution in [-0.2, 0) is 4.79 Å². The van der Waals surface area contributed by atoms with Gasteiger partial charge in [0.05, 0.1) is 10.2 Å². The second kappa shape index (κ2) is 8.11. The average Bonchev–Trinajstić information content (AvgIpc) is 2.60. The third-order valence-electron chi connectivity index (χ3n) is 3.04. The second-order valence-corrected chi connectivity index (χ2v) is 6.24. The molecule has 0 aliphatic rings. The number of amides is 2. The summed E-state index contributed by atoms with van der Waals surface area (Å²) in [5.41, 5.74) is 4.48. The van der Waals surface area contributed by atoms with Gasteiger partial charge in [-0.3, -0.25) is 30.6 Å². The Bertz CT molecular complexity index is 752. The van der Waals surface area contributed by atoms with Gasteiger partial charge in [0.15, 0.2) is 0 Å². The zero-order chi connectivity index (χ0) is 17.5. The van der Waals surface area contributed by atoms with E-state index in [4.69, 9.17) is 0 Å². The highest BCUT2D eigenvalue weighted by atomic mass is 32.2. The Morgan fingerprint density at radius 1 is 1.08 bits per heavy atom. The number of hydrazine groups is 1. The van der Waals surface area contributed by atoms with E-state index in [9.17, 15) is 19.7 Å². The molecule has 24 heavy (non-hydrogen) atoms. The maximum atomic E-state index is 12.0. The molecule has 0 fully saturated rings. The van der Waals surface area contributed by atoms with Crippen LogP contribution < -0.4 is 10.9 Å². The standard InChI is InChI=1S/C16H15N3O4S/c1-11(24-14-8-3-2-4-9-14)15(20)17-18-16(21)12-6-5-7-13(10-12)19(22)23/h2-11H,1H3,(H,17,20)(H,18,21)/t11-/m0/s1. The van der Waals surface area contributed by atoms with Crippen molar-refractivity contribution in [1.82, 2.24) is 10.9 Å². The van der Waals surface area contributed by atoms with Gasteiger partial charge in [0, 0.05) is 22.6 Å². The Labute approximate surface area is 142 Å². The summed E-state index contributed by atoms with van der Waals surface area (Å²) in [6.07, 6.45) is 0. The lowest BCUT2D eigenvalue weighted by Crippen LogP contribution is -2.44. The fourth-order valence-electron chi connectivity index (χ4n) is 1.81. The molecule has 2 amide bonds. The van der Waals surface area contributed by atoms with Crippen molar-refractivity contribution in [2.45, 2.75) is 17.1 Å². The van der Waals surface area contributed by atoms with Gasteiger partial charge in [-0.15, -0.1) is 11.8 Å². The van der Waals surface area contributed by atoms with Gasteiger partial charge in [0.1, 0.15) is 0 Å². The molecule has 0 heterocycles. The number of hydrogen-bond donors (Lipinski definition) is 2. The van der Waals surface area contributed by atoms with Gasteiger partial charge in [0.25, 0.3) is 17.5 Å². The number of hydrogen-bond acceptors (Lipinski definition) is 5. The van der Waals surface area contributed by atoms with E-state index in [0.29, 0.717) is 0 Å². The SMILES string of the molecule is C[C@H](Sc1ccccc1)C(=O)NNC(=O)c1cccc([N+](=O)[O-])c1. The summed E-state index contributed by atoms with van der Waals surface area (Å²) < 4.78 is 0. The van der Waals surface area contributed by atoms with Gasteiger partial charge in [-0.05, 0) is 25.1 Å². The number of carbonyl (C=O) groups excluding carboxylic acids is 2. The summed E-state index contributed by atoms with van der Waals surface area (Å²) in [5.74, 6) is -0.994. The Hall–Kier alpha value is -2.87. The Morgan fingerprint density at radius 2 is 1.79 bits per heavy atom. The van der Waals surface area contributed by atoms with Crippen molar-refractivity contribution in [2.24, 2.45) is 0 Å². The van der Waals surface area contributed by atoms with Gasteiger partial charge in [0.2, 0.25) is 0 Å². The largest absolute Gasteiger partial charge is 0.272 e. The van der Waals surface area contributed by atoms with Crippen LogP contribution >= 0.6 is 11.8 Å². The Kier molecular flexibility index (Phi) is 5.91. The fourth-order valence-corrected chi connectivity index (χ4v) is 2.70. The highest BCUT2D eigenvalue weighted by molar-refractivity contribution is 8.00. The van der Waals surface area contributed by atoms with Crippen molar-refractivity contribution >= 4 is 29.3 Å². The molecule has 124 valence electrons. The first-order chi connectivity index (χ1) is 11.5. The molecule has 0 saturated heterocycles. The Morgan fingerprint density at radius 3 is 2.46 bits per heavy atom. The van der Waals surface area contributed by atoms with Gasteiger partial charge in [-0.2, -0.15) is 0 Å². The quantitative estimate of drug-likeness (QED) is 0.493. The first-order valence-corrected chi connectivity index (χ1v) is 7.91. The molecule has 7 nitrogen and oxygen atoms in total. The third-order valence-corrected chi connectivity index (χ3v) is 4.16. The van der Waals surface area contributed by atoms with E-state index < -0.39 is 16.1 Å². The maximum absolute atomic E-state index is 12.0. The van der Waals surface area contributed by atoms with Crippen LogP contribution in [0.15, 0.2) is 59.5 Å². The van der Waals surface area contributed by atoms with E-state index in [-0.39, 0.29) is 17.2 Å². The number of nitro groups is 1. The first-order valence-electron chi connectivity index (χ1n) is 7.03. The number of non-ortho nitro benzene ring substituents is 1. The van der Waals surface area contributed by atoms with E-state index in [1.54, 1.807) is 6.92 Å². The average molecular weight is 345 g/mol. The van der Waals surface area contributed by atoms with Crippen molar-refractivity contribution in [2.75, 3.05) is 0 Å². The van der Waals surface area contributed by atoms with E-state index in [2.05, 4.69) is 10.9 Å². The lowest BCUT2D eigenvalue weighted by atomic mass is 10.2. The monoisotopic (exact) mass is 345 g/mol. The number of nitro benzene ring substituents is 1. The molecule has 0 aliphatic carbocycles. The van der Waals surface area contributed by atoms with E-state index in [1.165, 1.54) is 30.0 Å². The number of benzene rings is 2. The predicted molar refractivity (Wildman–Crippen MR) is 90.5 cm³/mol. The molecule has 2 N–H and O–H groups in total. The van der Waals surface area contributed by atoms with Crippen molar-refractivity contribution in [1.29, 1.82) is 0 Å². The number of nitrogens with one attached hydrogen (secondary N) is 2. The molecule has 0 aliphatic heterocycles. The number of carbonyl (C=O) groups is 2. The van der Waals surface area contributed by atoms with Crippen LogP contribution in [0, 0.1) is 10.1 Å². The van der Waals surface area contributed by atoms with Crippen molar-refractivity contribution in [3.05, 3.63) is 70.3 Å². The van der Waals surface area contributed by atoms with E-state index in [1.807, 2.05) is 30.3 Å². The molecular formula is C16H15N3O4S. The molecule has 0 radical (unpaired) electrons. The van der Waals surface area contributed by atoms with Gasteiger partial charge in [-0.25, -0.2) is 0 Å². The van der Waals surface area contributed by atoms with Gasteiger partial charge >= 0.3 is 0 Å². The summed E-state index contributed by atoms with van der Waals surface area (Å²) in [6.45, 7) is 1.71. The van der Waals surface area contributed by atoms with Gasteiger partial charge in [-0.1, -0.05) is 24.3 Å². The lowest BCUT2D eigenvalue weighted by Gasteiger charge is -2.12. The summed E-state index contributed by atoms with van der Waals surface area (Å²) in [4.78, 5) is 35.0.